The minimum absolute atomic E-state index is 0.109. The second-order valence-electron chi connectivity index (χ2n) is 5.88. The first-order chi connectivity index (χ1) is 9.75. The number of ether oxygens (including phenoxy) is 2. The number of carbonyl (C=O) groups excluding carboxylic acids is 1. The highest BCUT2D eigenvalue weighted by molar-refractivity contribution is 5.76. The highest BCUT2D eigenvalue weighted by Gasteiger charge is 2.22. The lowest BCUT2D eigenvalue weighted by Crippen LogP contribution is -2.40. The van der Waals surface area contributed by atoms with Gasteiger partial charge in [-0.3, -0.25) is 4.79 Å². The van der Waals surface area contributed by atoms with Crippen LogP contribution in [0.2, 0.25) is 0 Å². The zero-order valence-corrected chi connectivity index (χ0v) is 12.5. The van der Waals surface area contributed by atoms with E-state index < -0.39 is 0 Å². The average Bonchev–Trinajstić information content (AvgIpc) is 2.49. The van der Waals surface area contributed by atoms with E-state index in [-0.39, 0.29) is 11.9 Å². The van der Waals surface area contributed by atoms with Gasteiger partial charge >= 0.3 is 0 Å². The number of carbonyl (C=O) groups is 1. The first-order valence-corrected chi connectivity index (χ1v) is 7.95. The molecule has 0 aromatic carbocycles. The quantitative estimate of drug-likeness (QED) is 0.766. The fourth-order valence-electron chi connectivity index (χ4n) is 2.94. The van der Waals surface area contributed by atoms with Crippen molar-refractivity contribution in [1.29, 1.82) is 0 Å². The first-order valence-electron chi connectivity index (χ1n) is 7.95. The Kier molecular flexibility index (Phi) is 6.76. The van der Waals surface area contributed by atoms with E-state index in [1.165, 1.54) is 0 Å². The molecule has 0 aliphatic carbocycles. The molecule has 116 valence electrons. The molecular weight excluding hydrogens is 256 g/mol. The van der Waals surface area contributed by atoms with Gasteiger partial charge in [0.05, 0.1) is 12.7 Å². The standard InChI is InChI=1S/C15H28N2O3/c1-12(13-4-9-19-10-5-13)17-15(18)6-11-20-14-2-7-16-8-3-14/h12-14,16H,2-11H2,1H3,(H,17,18). The molecule has 0 bridgehead atoms. The molecule has 5 nitrogen and oxygen atoms in total. The van der Waals surface area contributed by atoms with Gasteiger partial charge in [0.15, 0.2) is 0 Å². The van der Waals surface area contributed by atoms with Crippen molar-refractivity contribution in [3.05, 3.63) is 0 Å². The van der Waals surface area contributed by atoms with Crippen LogP contribution < -0.4 is 10.6 Å². The Bertz CT molecular complexity index is 287. The second kappa shape index (κ2) is 8.60. The third-order valence-electron chi connectivity index (χ3n) is 4.33. The third-order valence-corrected chi connectivity index (χ3v) is 4.33. The zero-order valence-electron chi connectivity index (χ0n) is 12.5. The van der Waals surface area contributed by atoms with Crippen molar-refractivity contribution >= 4 is 5.91 Å². The van der Waals surface area contributed by atoms with Crippen LogP contribution in [-0.2, 0) is 14.3 Å². The van der Waals surface area contributed by atoms with Crippen LogP contribution in [0.3, 0.4) is 0 Å². The smallest absolute Gasteiger partial charge is 0.222 e. The molecular formula is C15H28N2O3. The molecule has 1 unspecified atom stereocenters. The fourth-order valence-corrected chi connectivity index (χ4v) is 2.94. The molecule has 0 aromatic heterocycles. The van der Waals surface area contributed by atoms with Crippen LogP contribution in [0.15, 0.2) is 0 Å². The largest absolute Gasteiger partial charge is 0.381 e. The number of piperidine rings is 1. The van der Waals surface area contributed by atoms with Gasteiger partial charge in [0.2, 0.25) is 5.91 Å². The van der Waals surface area contributed by atoms with E-state index in [0.29, 0.717) is 25.0 Å². The predicted octanol–water partition coefficient (Wildman–Crippen LogP) is 1.08. The summed E-state index contributed by atoms with van der Waals surface area (Å²) in [6, 6.07) is 0.241. The zero-order chi connectivity index (χ0) is 14.2. The van der Waals surface area contributed by atoms with E-state index in [1.807, 2.05) is 0 Å². The van der Waals surface area contributed by atoms with Crippen LogP contribution in [0, 0.1) is 5.92 Å². The highest BCUT2D eigenvalue weighted by Crippen LogP contribution is 2.18. The van der Waals surface area contributed by atoms with Crippen LogP contribution in [-0.4, -0.2) is 51.0 Å². The molecule has 20 heavy (non-hydrogen) atoms. The molecule has 0 radical (unpaired) electrons. The average molecular weight is 284 g/mol. The lowest BCUT2D eigenvalue weighted by molar-refractivity contribution is -0.124. The molecule has 0 spiro atoms. The van der Waals surface area contributed by atoms with Crippen LogP contribution >= 0.6 is 0 Å². The molecule has 2 fully saturated rings. The summed E-state index contributed by atoms with van der Waals surface area (Å²) in [6.07, 6.45) is 5.01. The van der Waals surface area contributed by atoms with Gasteiger partial charge in [0.25, 0.3) is 0 Å². The molecule has 0 aromatic rings. The molecule has 2 aliphatic rings. The SMILES string of the molecule is CC(NC(=O)CCOC1CCNCC1)C1CCOCC1. The number of nitrogens with one attached hydrogen (secondary N) is 2. The van der Waals surface area contributed by atoms with E-state index in [9.17, 15) is 4.79 Å². The van der Waals surface area contributed by atoms with Gasteiger partial charge in [-0.2, -0.15) is 0 Å². The number of hydrogen-bond donors (Lipinski definition) is 2. The Hall–Kier alpha value is -0.650. The van der Waals surface area contributed by atoms with Crippen molar-refractivity contribution in [3.63, 3.8) is 0 Å². The Morgan fingerprint density at radius 2 is 2.00 bits per heavy atom. The molecule has 1 amide bonds. The van der Waals surface area contributed by atoms with Crippen molar-refractivity contribution in [3.8, 4) is 0 Å². The van der Waals surface area contributed by atoms with Crippen molar-refractivity contribution in [2.24, 2.45) is 5.92 Å². The summed E-state index contributed by atoms with van der Waals surface area (Å²) >= 11 is 0. The maximum absolute atomic E-state index is 11.9. The molecule has 2 heterocycles. The number of hydrogen-bond acceptors (Lipinski definition) is 4. The van der Waals surface area contributed by atoms with E-state index in [1.54, 1.807) is 0 Å². The molecule has 2 aliphatic heterocycles. The summed E-state index contributed by atoms with van der Waals surface area (Å²) in [5, 5.41) is 6.41. The molecule has 0 saturated carbocycles. The van der Waals surface area contributed by atoms with Crippen molar-refractivity contribution in [2.45, 2.75) is 51.2 Å². The summed E-state index contributed by atoms with van der Waals surface area (Å²) in [4.78, 5) is 11.9. The highest BCUT2D eigenvalue weighted by atomic mass is 16.5. The van der Waals surface area contributed by atoms with Gasteiger partial charge in [0, 0.05) is 25.7 Å². The van der Waals surface area contributed by atoms with E-state index in [4.69, 9.17) is 9.47 Å². The van der Waals surface area contributed by atoms with E-state index in [2.05, 4.69) is 17.6 Å². The van der Waals surface area contributed by atoms with E-state index in [0.717, 1.165) is 52.0 Å². The summed E-state index contributed by atoms with van der Waals surface area (Å²) in [7, 11) is 0. The fraction of sp³-hybridized carbons (Fsp3) is 0.933. The van der Waals surface area contributed by atoms with Gasteiger partial charge in [-0.25, -0.2) is 0 Å². The van der Waals surface area contributed by atoms with Crippen LogP contribution in [0.5, 0.6) is 0 Å². The predicted molar refractivity (Wildman–Crippen MR) is 77.6 cm³/mol. The summed E-state index contributed by atoms with van der Waals surface area (Å²) in [5.74, 6) is 0.663. The molecule has 1 atom stereocenters. The van der Waals surface area contributed by atoms with Crippen LogP contribution in [0.25, 0.3) is 0 Å². The van der Waals surface area contributed by atoms with E-state index >= 15 is 0 Å². The molecule has 2 saturated heterocycles. The maximum Gasteiger partial charge on any atom is 0.222 e. The summed E-state index contributed by atoms with van der Waals surface area (Å²) < 4.78 is 11.1. The topological polar surface area (TPSA) is 59.6 Å². The van der Waals surface area contributed by atoms with Gasteiger partial charge in [-0.1, -0.05) is 0 Å². The van der Waals surface area contributed by atoms with Crippen molar-refractivity contribution in [1.82, 2.24) is 10.6 Å². The minimum Gasteiger partial charge on any atom is -0.381 e. The third kappa shape index (κ3) is 5.38. The minimum atomic E-state index is 0.109. The van der Waals surface area contributed by atoms with Crippen molar-refractivity contribution in [2.75, 3.05) is 32.9 Å². The Balaban J connectivity index is 1.57. The number of rotatable bonds is 6. The second-order valence-corrected chi connectivity index (χ2v) is 5.88. The number of amides is 1. The lowest BCUT2D eigenvalue weighted by Gasteiger charge is -2.28. The summed E-state index contributed by atoms with van der Waals surface area (Å²) in [6.45, 7) is 6.33. The van der Waals surface area contributed by atoms with Gasteiger partial charge in [-0.15, -0.1) is 0 Å². The van der Waals surface area contributed by atoms with Gasteiger partial charge < -0.3 is 20.1 Å². The maximum atomic E-state index is 11.9. The first kappa shape index (κ1) is 15.7. The normalized spacial score (nSPS) is 23.4. The Morgan fingerprint density at radius 1 is 1.30 bits per heavy atom. The summed E-state index contributed by atoms with van der Waals surface area (Å²) in [5.41, 5.74) is 0. The Labute approximate surface area is 121 Å². The lowest BCUT2D eigenvalue weighted by atomic mass is 9.93. The molecule has 5 heteroatoms. The van der Waals surface area contributed by atoms with Crippen LogP contribution in [0.1, 0.15) is 39.0 Å². The van der Waals surface area contributed by atoms with Crippen LogP contribution in [0.4, 0.5) is 0 Å². The van der Waals surface area contributed by atoms with Crippen molar-refractivity contribution < 1.29 is 14.3 Å². The van der Waals surface area contributed by atoms with Gasteiger partial charge in [0.1, 0.15) is 0 Å². The monoisotopic (exact) mass is 284 g/mol. The molecule has 2 rings (SSSR count). The molecule has 2 N–H and O–H groups in total. The Morgan fingerprint density at radius 3 is 2.70 bits per heavy atom. The van der Waals surface area contributed by atoms with Gasteiger partial charge in [-0.05, 0) is 51.6 Å².